The number of thiocarbonyl (C=S) groups is 1. The van der Waals surface area contributed by atoms with Gasteiger partial charge in [0.2, 0.25) is 0 Å². The molecular weight excluding hydrogens is 478 g/mol. The molecule has 0 N–H and O–H groups in total. The molecule has 35 heavy (non-hydrogen) atoms. The molecule has 1 amide bonds. The van der Waals surface area contributed by atoms with Crippen LogP contribution in [-0.2, 0) is 9.53 Å². The van der Waals surface area contributed by atoms with Crippen molar-refractivity contribution in [3.63, 3.8) is 0 Å². The maximum absolute atomic E-state index is 13.3. The molecule has 1 atom stereocenters. The summed E-state index contributed by atoms with van der Waals surface area (Å²) in [5.74, 6) is 0.755. The van der Waals surface area contributed by atoms with E-state index in [2.05, 4.69) is 0 Å². The molecule has 1 unspecified atom stereocenters. The van der Waals surface area contributed by atoms with Gasteiger partial charge < -0.3 is 9.47 Å². The van der Waals surface area contributed by atoms with E-state index in [9.17, 15) is 4.79 Å². The molecule has 2 aromatic carbocycles. The van der Waals surface area contributed by atoms with Crippen LogP contribution in [0.4, 0.5) is 0 Å². The molecule has 0 aliphatic carbocycles. The standard InChI is InChI=1S/C27H27N3O3S2/c1-3-32-21-11-12-23(18(2)14-21)25-19(16-30(28-25)20-8-5-4-6-9-20)15-24-26(31)29(27(34)35-24)17-22-10-7-13-33-22/h4-6,8-9,11-12,14-16,22H,3,7,10,13,17H2,1-2H3. The Hall–Kier alpha value is -2.94. The number of rotatable bonds is 7. The number of carbonyl (C=O) groups is 1. The van der Waals surface area contributed by atoms with Crippen LogP contribution in [0.5, 0.6) is 5.75 Å². The molecule has 8 heteroatoms. The van der Waals surface area contributed by atoms with E-state index in [4.69, 9.17) is 26.8 Å². The molecule has 0 radical (unpaired) electrons. The van der Waals surface area contributed by atoms with Crippen molar-refractivity contribution in [2.45, 2.75) is 32.8 Å². The van der Waals surface area contributed by atoms with Crippen molar-refractivity contribution in [1.82, 2.24) is 14.7 Å². The first kappa shape index (κ1) is 23.8. The summed E-state index contributed by atoms with van der Waals surface area (Å²) in [6.45, 7) is 5.89. The Morgan fingerprint density at radius 1 is 1.26 bits per heavy atom. The van der Waals surface area contributed by atoms with Crippen molar-refractivity contribution in [2.75, 3.05) is 19.8 Å². The monoisotopic (exact) mass is 505 g/mol. The number of aromatic nitrogens is 2. The second kappa shape index (κ2) is 10.4. The lowest BCUT2D eigenvalue weighted by molar-refractivity contribution is -0.123. The van der Waals surface area contributed by atoms with Gasteiger partial charge in [-0.1, -0.05) is 42.2 Å². The van der Waals surface area contributed by atoms with Crippen molar-refractivity contribution < 1.29 is 14.3 Å². The summed E-state index contributed by atoms with van der Waals surface area (Å²) in [4.78, 5) is 15.5. The van der Waals surface area contributed by atoms with Crippen LogP contribution in [-0.4, -0.2) is 50.8 Å². The van der Waals surface area contributed by atoms with Crippen molar-refractivity contribution in [2.24, 2.45) is 0 Å². The summed E-state index contributed by atoms with van der Waals surface area (Å²) < 4.78 is 13.8. The molecule has 0 spiro atoms. The largest absolute Gasteiger partial charge is 0.494 e. The fraction of sp³-hybridized carbons (Fsp3) is 0.296. The molecule has 1 aromatic heterocycles. The molecule has 3 aromatic rings. The van der Waals surface area contributed by atoms with E-state index in [1.54, 1.807) is 4.90 Å². The molecule has 180 valence electrons. The Morgan fingerprint density at radius 3 is 2.80 bits per heavy atom. The number of thioether (sulfide) groups is 1. The van der Waals surface area contributed by atoms with Gasteiger partial charge in [-0.05, 0) is 68.7 Å². The van der Waals surface area contributed by atoms with E-state index in [-0.39, 0.29) is 12.0 Å². The highest BCUT2D eigenvalue weighted by atomic mass is 32.2. The second-order valence-electron chi connectivity index (χ2n) is 8.55. The van der Waals surface area contributed by atoms with Crippen molar-refractivity contribution >= 4 is 40.3 Å². The zero-order valence-electron chi connectivity index (χ0n) is 19.8. The van der Waals surface area contributed by atoms with E-state index < -0.39 is 0 Å². The summed E-state index contributed by atoms with van der Waals surface area (Å²) in [6.07, 6.45) is 5.92. The topological polar surface area (TPSA) is 56.6 Å². The van der Waals surface area contributed by atoms with Crippen LogP contribution in [0.15, 0.2) is 59.6 Å². The van der Waals surface area contributed by atoms with Gasteiger partial charge in [-0.15, -0.1) is 0 Å². The van der Waals surface area contributed by atoms with Crippen LogP contribution in [0, 0.1) is 6.92 Å². The number of carbonyl (C=O) groups excluding carboxylic acids is 1. The van der Waals surface area contributed by atoms with Gasteiger partial charge in [-0.25, -0.2) is 4.68 Å². The van der Waals surface area contributed by atoms with Crippen LogP contribution in [0.2, 0.25) is 0 Å². The first-order valence-electron chi connectivity index (χ1n) is 11.8. The number of hydrogen-bond donors (Lipinski definition) is 0. The molecule has 2 aliphatic heterocycles. The molecule has 2 saturated heterocycles. The summed E-state index contributed by atoms with van der Waals surface area (Å²) >= 11 is 6.89. The number of para-hydroxylation sites is 1. The average Bonchev–Trinajstić information content (AvgIpc) is 3.58. The fourth-order valence-electron chi connectivity index (χ4n) is 4.36. The Labute approximate surface area is 214 Å². The Morgan fingerprint density at radius 2 is 2.09 bits per heavy atom. The van der Waals surface area contributed by atoms with Crippen LogP contribution < -0.4 is 4.74 Å². The fourth-order valence-corrected chi connectivity index (χ4v) is 5.63. The summed E-state index contributed by atoms with van der Waals surface area (Å²) in [7, 11) is 0. The normalized spacial score (nSPS) is 19.2. The van der Waals surface area contributed by atoms with Gasteiger partial charge in [0.05, 0.1) is 29.8 Å². The van der Waals surface area contributed by atoms with Gasteiger partial charge in [0.15, 0.2) is 0 Å². The molecular formula is C27H27N3O3S2. The van der Waals surface area contributed by atoms with Crippen LogP contribution >= 0.6 is 24.0 Å². The lowest BCUT2D eigenvalue weighted by Gasteiger charge is -2.18. The molecule has 0 saturated carbocycles. The maximum Gasteiger partial charge on any atom is 0.266 e. The van der Waals surface area contributed by atoms with Gasteiger partial charge in [-0.3, -0.25) is 9.69 Å². The second-order valence-corrected chi connectivity index (χ2v) is 10.2. The predicted molar refractivity (Wildman–Crippen MR) is 144 cm³/mol. The molecule has 3 heterocycles. The van der Waals surface area contributed by atoms with Crippen molar-refractivity contribution in [1.29, 1.82) is 0 Å². The zero-order chi connectivity index (χ0) is 24.4. The van der Waals surface area contributed by atoms with Crippen molar-refractivity contribution in [3.05, 3.63) is 70.8 Å². The lowest BCUT2D eigenvalue weighted by atomic mass is 10.0. The number of amides is 1. The van der Waals surface area contributed by atoms with Gasteiger partial charge in [-0.2, -0.15) is 5.10 Å². The minimum absolute atomic E-state index is 0.0553. The average molecular weight is 506 g/mol. The molecule has 2 aliphatic rings. The first-order valence-corrected chi connectivity index (χ1v) is 13.0. The number of ether oxygens (including phenoxy) is 2. The maximum atomic E-state index is 13.3. The van der Waals surface area contributed by atoms with Crippen LogP contribution in [0.25, 0.3) is 23.0 Å². The first-order chi connectivity index (χ1) is 17.0. The Balaban J connectivity index is 1.53. The minimum atomic E-state index is -0.0719. The third-order valence-electron chi connectivity index (χ3n) is 6.10. The number of benzene rings is 2. The molecule has 2 fully saturated rings. The summed E-state index contributed by atoms with van der Waals surface area (Å²) in [5.41, 5.74) is 4.65. The van der Waals surface area contributed by atoms with Gasteiger partial charge in [0, 0.05) is 23.9 Å². The van der Waals surface area contributed by atoms with E-state index in [0.29, 0.717) is 22.4 Å². The quantitative estimate of drug-likeness (QED) is 0.307. The van der Waals surface area contributed by atoms with Crippen molar-refractivity contribution in [3.8, 4) is 22.7 Å². The molecule has 0 bridgehead atoms. The molecule has 6 nitrogen and oxygen atoms in total. The Kier molecular flexibility index (Phi) is 7.04. The highest BCUT2D eigenvalue weighted by molar-refractivity contribution is 8.26. The smallest absolute Gasteiger partial charge is 0.266 e. The van der Waals surface area contributed by atoms with Crippen LogP contribution in [0.3, 0.4) is 0 Å². The third kappa shape index (κ3) is 5.05. The minimum Gasteiger partial charge on any atom is -0.494 e. The van der Waals surface area contributed by atoms with E-state index in [1.165, 1.54) is 11.8 Å². The van der Waals surface area contributed by atoms with E-state index in [1.807, 2.05) is 79.3 Å². The summed E-state index contributed by atoms with van der Waals surface area (Å²) in [5, 5.41) is 4.92. The highest BCUT2D eigenvalue weighted by Gasteiger charge is 2.35. The third-order valence-corrected chi connectivity index (χ3v) is 7.48. The lowest BCUT2D eigenvalue weighted by Crippen LogP contribution is -2.35. The SMILES string of the molecule is CCOc1ccc(-c2nn(-c3ccccc3)cc2C=C2SC(=S)N(CC3CCCO3)C2=O)c(C)c1. The number of aryl methyl sites for hydroxylation is 1. The molecule has 5 rings (SSSR count). The van der Waals surface area contributed by atoms with Gasteiger partial charge >= 0.3 is 0 Å². The zero-order valence-corrected chi connectivity index (χ0v) is 21.4. The Bertz CT molecular complexity index is 1280. The summed E-state index contributed by atoms with van der Waals surface area (Å²) in [6, 6.07) is 16.0. The van der Waals surface area contributed by atoms with Crippen LogP contribution in [0.1, 0.15) is 30.9 Å². The van der Waals surface area contributed by atoms with E-state index >= 15 is 0 Å². The number of hydrogen-bond acceptors (Lipinski definition) is 6. The van der Waals surface area contributed by atoms with Gasteiger partial charge in [0.25, 0.3) is 5.91 Å². The van der Waals surface area contributed by atoms with E-state index in [0.717, 1.165) is 53.3 Å². The van der Waals surface area contributed by atoms with Gasteiger partial charge in [0.1, 0.15) is 15.8 Å². The predicted octanol–water partition coefficient (Wildman–Crippen LogP) is 5.63. The highest BCUT2D eigenvalue weighted by Crippen LogP contribution is 2.36. The number of nitrogens with zero attached hydrogens (tertiary/aromatic N) is 3.